The molecule has 2 atom stereocenters. The minimum atomic E-state index is -0.205. The second-order valence-corrected chi connectivity index (χ2v) is 7.18. The van der Waals surface area contributed by atoms with E-state index in [1.54, 1.807) is 0 Å². The molecule has 0 bridgehead atoms. The number of unbranched alkanes of at least 4 members (excludes halogenated alkanes) is 1. The highest BCUT2D eigenvalue weighted by Crippen LogP contribution is 2.39. The van der Waals surface area contributed by atoms with Crippen LogP contribution >= 0.6 is 11.6 Å². The molecule has 3 rings (SSSR count). The Morgan fingerprint density at radius 3 is 2.42 bits per heavy atom. The molecule has 0 saturated carbocycles. The van der Waals surface area contributed by atoms with Gasteiger partial charge in [0.05, 0.1) is 6.04 Å². The zero-order valence-corrected chi connectivity index (χ0v) is 16.0. The van der Waals surface area contributed by atoms with Crippen LogP contribution in [-0.2, 0) is 9.53 Å². The Kier molecular flexibility index (Phi) is 6.70. The largest absolute Gasteiger partial charge is 0.371 e. The fourth-order valence-electron chi connectivity index (χ4n) is 3.51. The zero-order chi connectivity index (χ0) is 18.4. The number of halogens is 1. The van der Waals surface area contributed by atoms with Gasteiger partial charge in [-0.15, -0.1) is 0 Å². The third kappa shape index (κ3) is 4.46. The average Bonchev–Trinajstić information content (AvgIpc) is 3.08. The smallest absolute Gasteiger partial charge is 0.223 e. The van der Waals surface area contributed by atoms with Gasteiger partial charge in [-0.25, -0.2) is 0 Å². The Labute approximate surface area is 160 Å². The van der Waals surface area contributed by atoms with Crippen molar-refractivity contribution in [1.29, 1.82) is 0 Å². The summed E-state index contributed by atoms with van der Waals surface area (Å²) in [5, 5.41) is 0.703. The molecule has 0 aliphatic carbocycles. The minimum Gasteiger partial charge on any atom is -0.371 e. The van der Waals surface area contributed by atoms with Crippen LogP contribution in [-0.4, -0.2) is 24.0 Å². The van der Waals surface area contributed by atoms with Crippen molar-refractivity contribution in [2.24, 2.45) is 0 Å². The Hall–Kier alpha value is -1.84. The predicted molar refractivity (Wildman–Crippen MR) is 105 cm³/mol. The number of hydrogen-bond acceptors (Lipinski definition) is 2. The lowest BCUT2D eigenvalue weighted by atomic mass is 9.94. The molecule has 26 heavy (non-hydrogen) atoms. The molecule has 0 aromatic heterocycles. The molecule has 1 amide bonds. The minimum absolute atomic E-state index is 0.121. The molecular formula is C22H26ClNO2. The summed E-state index contributed by atoms with van der Waals surface area (Å²) in [6.07, 6.45) is 3.39. The van der Waals surface area contributed by atoms with E-state index in [9.17, 15) is 4.79 Å². The monoisotopic (exact) mass is 371 g/mol. The van der Waals surface area contributed by atoms with E-state index in [0.29, 0.717) is 18.1 Å². The molecular weight excluding hydrogens is 346 g/mol. The Balaban J connectivity index is 1.99. The number of nitrogens with zero attached hydrogens (tertiary/aromatic N) is 1. The first-order valence-electron chi connectivity index (χ1n) is 9.42. The van der Waals surface area contributed by atoms with Crippen molar-refractivity contribution >= 4 is 17.5 Å². The van der Waals surface area contributed by atoms with Crippen molar-refractivity contribution in [3.05, 3.63) is 70.7 Å². The number of hydrogen-bond donors (Lipinski definition) is 0. The van der Waals surface area contributed by atoms with Crippen LogP contribution in [0.3, 0.4) is 0 Å². The maximum Gasteiger partial charge on any atom is 0.223 e. The van der Waals surface area contributed by atoms with Crippen LogP contribution in [0.25, 0.3) is 0 Å². The summed E-state index contributed by atoms with van der Waals surface area (Å²) in [6, 6.07) is 17.9. The van der Waals surface area contributed by atoms with Crippen LogP contribution in [0.4, 0.5) is 0 Å². The van der Waals surface area contributed by atoms with Gasteiger partial charge in [0.1, 0.15) is 6.10 Å². The number of benzene rings is 2. The Morgan fingerprint density at radius 2 is 1.81 bits per heavy atom. The van der Waals surface area contributed by atoms with Gasteiger partial charge in [0.2, 0.25) is 5.91 Å². The van der Waals surface area contributed by atoms with Gasteiger partial charge < -0.3 is 9.64 Å². The van der Waals surface area contributed by atoms with Crippen molar-refractivity contribution < 1.29 is 9.53 Å². The molecule has 138 valence electrons. The highest BCUT2D eigenvalue weighted by Gasteiger charge is 2.36. The van der Waals surface area contributed by atoms with E-state index >= 15 is 0 Å². The summed E-state index contributed by atoms with van der Waals surface area (Å²) < 4.78 is 6.35. The van der Waals surface area contributed by atoms with Crippen molar-refractivity contribution in [1.82, 2.24) is 4.90 Å². The van der Waals surface area contributed by atoms with Gasteiger partial charge in [-0.05, 0) is 36.1 Å². The van der Waals surface area contributed by atoms with E-state index < -0.39 is 0 Å². The quantitative estimate of drug-likeness (QED) is 0.568. The summed E-state index contributed by atoms with van der Waals surface area (Å²) in [6.45, 7) is 3.61. The van der Waals surface area contributed by atoms with Gasteiger partial charge in [0, 0.05) is 24.6 Å². The van der Waals surface area contributed by atoms with Gasteiger partial charge >= 0.3 is 0 Å². The number of carbonyl (C=O) groups is 1. The van der Waals surface area contributed by atoms with Crippen molar-refractivity contribution in [3.63, 3.8) is 0 Å². The van der Waals surface area contributed by atoms with Crippen LogP contribution < -0.4 is 0 Å². The molecule has 1 fully saturated rings. The molecule has 1 aliphatic heterocycles. The molecule has 4 heteroatoms. The average molecular weight is 372 g/mol. The van der Waals surface area contributed by atoms with Crippen LogP contribution in [0, 0.1) is 0 Å². The molecule has 0 N–H and O–H groups in total. The first kappa shape index (κ1) is 18.9. The third-order valence-electron chi connectivity index (χ3n) is 4.87. The van der Waals surface area contributed by atoms with Gasteiger partial charge in [0.15, 0.2) is 0 Å². The van der Waals surface area contributed by atoms with E-state index in [0.717, 1.165) is 36.9 Å². The first-order valence-corrected chi connectivity index (χ1v) is 9.80. The molecule has 0 radical (unpaired) electrons. The van der Waals surface area contributed by atoms with Gasteiger partial charge in [-0.3, -0.25) is 4.79 Å². The zero-order valence-electron chi connectivity index (χ0n) is 15.2. The lowest BCUT2D eigenvalue weighted by molar-refractivity contribution is -0.133. The lowest BCUT2D eigenvalue weighted by Crippen LogP contribution is -2.35. The second kappa shape index (κ2) is 9.20. The standard InChI is InChI=1S/C22H26ClNO2/c1-2-3-16-26-22(18-11-13-19(23)14-12-18)21(17-8-5-4-6-9-17)24-15-7-10-20(24)25/h4-6,8-9,11-14,21-22H,2-3,7,10,15-16H2,1H3/t21-,22+/m0/s1. The van der Waals surface area contributed by atoms with Crippen LogP contribution in [0.15, 0.2) is 54.6 Å². The highest BCUT2D eigenvalue weighted by molar-refractivity contribution is 6.30. The summed E-state index contributed by atoms with van der Waals surface area (Å²) >= 11 is 6.08. The molecule has 0 unspecified atom stereocenters. The van der Waals surface area contributed by atoms with Crippen LogP contribution in [0.1, 0.15) is 55.9 Å². The number of amides is 1. The summed E-state index contributed by atoms with van der Waals surface area (Å²) in [7, 11) is 0. The molecule has 2 aromatic rings. The predicted octanol–water partition coefficient (Wildman–Crippen LogP) is 5.56. The Bertz CT molecular complexity index is 702. The van der Waals surface area contributed by atoms with Gasteiger partial charge in [-0.2, -0.15) is 0 Å². The van der Waals surface area contributed by atoms with Gasteiger partial charge in [-0.1, -0.05) is 67.4 Å². The summed E-state index contributed by atoms with van der Waals surface area (Å²) in [4.78, 5) is 14.5. The first-order chi connectivity index (χ1) is 12.7. The SMILES string of the molecule is CCCCO[C@H](c1ccc(Cl)cc1)[C@H](c1ccccc1)N1CCCC1=O. The number of rotatable bonds is 8. The molecule has 1 heterocycles. The Morgan fingerprint density at radius 1 is 1.08 bits per heavy atom. The fraction of sp³-hybridized carbons (Fsp3) is 0.409. The maximum absolute atomic E-state index is 12.6. The number of likely N-dealkylation sites (tertiary alicyclic amines) is 1. The highest BCUT2D eigenvalue weighted by atomic mass is 35.5. The fourth-order valence-corrected chi connectivity index (χ4v) is 3.63. The summed E-state index contributed by atoms with van der Waals surface area (Å²) in [5.74, 6) is 0.205. The van der Waals surface area contributed by atoms with E-state index in [1.807, 2.05) is 47.4 Å². The molecule has 1 saturated heterocycles. The topological polar surface area (TPSA) is 29.5 Å². The van der Waals surface area contributed by atoms with Crippen molar-refractivity contribution in [2.75, 3.05) is 13.2 Å². The number of carbonyl (C=O) groups excluding carboxylic acids is 1. The third-order valence-corrected chi connectivity index (χ3v) is 5.12. The summed E-state index contributed by atoms with van der Waals surface area (Å²) in [5.41, 5.74) is 2.17. The molecule has 3 nitrogen and oxygen atoms in total. The number of ether oxygens (including phenoxy) is 1. The normalized spacial score (nSPS) is 16.7. The van der Waals surface area contributed by atoms with E-state index in [4.69, 9.17) is 16.3 Å². The maximum atomic E-state index is 12.6. The van der Waals surface area contributed by atoms with Gasteiger partial charge in [0.25, 0.3) is 0 Å². The van der Waals surface area contributed by atoms with E-state index in [1.165, 1.54) is 0 Å². The van der Waals surface area contributed by atoms with Crippen molar-refractivity contribution in [3.8, 4) is 0 Å². The molecule has 1 aliphatic rings. The molecule has 2 aromatic carbocycles. The second-order valence-electron chi connectivity index (χ2n) is 6.74. The van der Waals surface area contributed by atoms with Crippen molar-refractivity contribution in [2.45, 2.75) is 44.8 Å². The molecule has 0 spiro atoms. The van der Waals surface area contributed by atoms with E-state index in [2.05, 4.69) is 19.1 Å². The van der Waals surface area contributed by atoms with Crippen LogP contribution in [0.2, 0.25) is 5.02 Å². The lowest BCUT2D eigenvalue weighted by Gasteiger charge is -2.35. The van der Waals surface area contributed by atoms with E-state index in [-0.39, 0.29) is 18.1 Å². The van der Waals surface area contributed by atoms with Crippen LogP contribution in [0.5, 0.6) is 0 Å².